The smallest absolute Gasteiger partial charge is 0.294 e. The number of amides is 1. The maximum absolute atomic E-state index is 12.8. The number of nitro groups is 1. The van der Waals surface area contributed by atoms with Crippen LogP contribution in [-0.4, -0.2) is 49.5 Å². The molecule has 0 spiro atoms. The second kappa shape index (κ2) is 8.93. The zero-order chi connectivity index (χ0) is 23.4. The molecule has 0 aliphatic carbocycles. The standard InChI is InChI=1S/C19H15N9O5/c1-32-14-7-5-11(6-8-14)10-21-23-19(29)15-16(12-3-2-4-13(9-12)28(30)31)27(26-22-15)18-17(20)24-33-25-18/h2-10H,1H3,(H2,20,24)(H,23,29). The molecule has 33 heavy (non-hydrogen) atoms. The van der Waals surface area contributed by atoms with Gasteiger partial charge in [0, 0.05) is 17.7 Å². The summed E-state index contributed by atoms with van der Waals surface area (Å²) in [4.78, 5) is 23.5. The Hall–Kier alpha value is -5.14. The van der Waals surface area contributed by atoms with Crippen molar-refractivity contribution in [2.24, 2.45) is 5.10 Å². The van der Waals surface area contributed by atoms with Crippen LogP contribution in [0, 0.1) is 10.1 Å². The quantitative estimate of drug-likeness (QED) is 0.238. The summed E-state index contributed by atoms with van der Waals surface area (Å²) in [5.74, 6) is -0.195. The highest BCUT2D eigenvalue weighted by Crippen LogP contribution is 2.29. The van der Waals surface area contributed by atoms with Crippen molar-refractivity contribution in [2.75, 3.05) is 12.8 Å². The van der Waals surface area contributed by atoms with E-state index in [-0.39, 0.29) is 34.3 Å². The number of non-ortho nitro benzene ring substituents is 1. The van der Waals surface area contributed by atoms with E-state index in [1.165, 1.54) is 24.4 Å². The number of hydrogen-bond acceptors (Lipinski definition) is 11. The minimum Gasteiger partial charge on any atom is -0.497 e. The molecular weight excluding hydrogens is 434 g/mol. The summed E-state index contributed by atoms with van der Waals surface area (Å²) in [5.41, 5.74) is 8.79. The predicted octanol–water partition coefficient (Wildman–Crippen LogP) is 1.58. The van der Waals surface area contributed by atoms with Crippen LogP contribution in [0.5, 0.6) is 5.75 Å². The molecule has 2 aromatic carbocycles. The van der Waals surface area contributed by atoms with Gasteiger partial charge in [0.05, 0.1) is 18.2 Å². The molecule has 0 bridgehead atoms. The molecule has 0 radical (unpaired) electrons. The number of anilines is 1. The molecule has 0 saturated heterocycles. The molecule has 4 aromatic rings. The summed E-state index contributed by atoms with van der Waals surface area (Å²) >= 11 is 0. The number of nitrogens with zero attached hydrogens (tertiary/aromatic N) is 7. The van der Waals surface area contributed by atoms with E-state index in [0.717, 1.165) is 4.68 Å². The van der Waals surface area contributed by atoms with E-state index in [1.807, 2.05) is 0 Å². The Morgan fingerprint density at radius 2 is 2.06 bits per heavy atom. The molecule has 14 heteroatoms. The molecule has 2 aromatic heterocycles. The molecule has 14 nitrogen and oxygen atoms in total. The van der Waals surface area contributed by atoms with Crippen LogP contribution < -0.4 is 15.9 Å². The van der Waals surface area contributed by atoms with Crippen molar-refractivity contribution >= 4 is 23.6 Å². The first-order chi connectivity index (χ1) is 16.0. The average Bonchev–Trinajstić information content (AvgIpc) is 3.45. The number of nitro benzene ring substituents is 1. The number of rotatable bonds is 7. The van der Waals surface area contributed by atoms with Crippen LogP contribution in [0.2, 0.25) is 0 Å². The van der Waals surface area contributed by atoms with Crippen molar-refractivity contribution in [1.82, 2.24) is 30.7 Å². The lowest BCUT2D eigenvalue weighted by atomic mass is 10.1. The van der Waals surface area contributed by atoms with E-state index in [2.05, 4.69) is 35.8 Å². The summed E-state index contributed by atoms with van der Waals surface area (Å²) in [6.07, 6.45) is 1.42. The topological polar surface area (TPSA) is 189 Å². The van der Waals surface area contributed by atoms with Crippen molar-refractivity contribution < 1.29 is 19.1 Å². The SMILES string of the molecule is COc1ccc(C=NNC(=O)c2nnn(-c3nonc3N)c2-c2cccc([N+](=O)[O-])c2)cc1. The van der Waals surface area contributed by atoms with Gasteiger partial charge in [-0.05, 0) is 40.1 Å². The summed E-state index contributed by atoms with van der Waals surface area (Å²) in [6.45, 7) is 0. The number of nitrogen functional groups attached to an aromatic ring is 1. The fraction of sp³-hybridized carbons (Fsp3) is 0.0526. The fourth-order valence-electron chi connectivity index (χ4n) is 2.86. The lowest BCUT2D eigenvalue weighted by Crippen LogP contribution is -2.19. The van der Waals surface area contributed by atoms with Gasteiger partial charge in [0.2, 0.25) is 11.6 Å². The van der Waals surface area contributed by atoms with Gasteiger partial charge in [-0.15, -0.1) is 5.10 Å². The molecule has 166 valence electrons. The van der Waals surface area contributed by atoms with Crippen LogP contribution in [0.15, 0.2) is 58.3 Å². The Balaban J connectivity index is 1.69. The Kier molecular flexibility index (Phi) is 5.71. The monoisotopic (exact) mass is 449 g/mol. The first-order valence-corrected chi connectivity index (χ1v) is 9.24. The molecule has 0 aliphatic heterocycles. The number of hydrogen-bond donors (Lipinski definition) is 2. The molecule has 4 rings (SSSR count). The van der Waals surface area contributed by atoms with Crippen LogP contribution in [0.1, 0.15) is 16.1 Å². The van der Waals surface area contributed by atoms with Crippen molar-refractivity contribution in [3.05, 3.63) is 69.9 Å². The predicted molar refractivity (Wildman–Crippen MR) is 114 cm³/mol. The number of hydrazone groups is 1. The summed E-state index contributed by atoms with van der Waals surface area (Å²) in [6, 6.07) is 12.6. The maximum atomic E-state index is 12.8. The van der Waals surface area contributed by atoms with Gasteiger partial charge in [-0.25, -0.2) is 10.1 Å². The van der Waals surface area contributed by atoms with Crippen LogP contribution in [0.3, 0.4) is 0 Å². The summed E-state index contributed by atoms with van der Waals surface area (Å²) < 4.78 is 10.8. The molecule has 0 fully saturated rings. The Morgan fingerprint density at radius 1 is 1.27 bits per heavy atom. The number of benzene rings is 2. The Bertz CT molecular complexity index is 1340. The van der Waals surface area contributed by atoms with Gasteiger partial charge in [0.1, 0.15) is 11.4 Å². The lowest BCUT2D eigenvalue weighted by molar-refractivity contribution is -0.384. The van der Waals surface area contributed by atoms with Gasteiger partial charge in [-0.3, -0.25) is 14.9 Å². The number of methoxy groups -OCH3 is 1. The Labute approximate surface area is 184 Å². The maximum Gasteiger partial charge on any atom is 0.294 e. The molecule has 0 saturated carbocycles. The highest BCUT2D eigenvalue weighted by molar-refractivity contribution is 5.99. The van der Waals surface area contributed by atoms with Gasteiger partial charge < -0.3 is 10.5 Å². The second-order valence-electron chi connectivity index (χ2n) is 6.45. The Morgan fingerprint density at radius 3 is 2.73 bits per heavy atom. The minimum absolute atomic E-state index is 0.0372. The third-order valence-electron chi connectivity index (χ3n) is 4.41. The number of ether oxygens (including phenoxy) is 1. The number of carbonyl (C=O) groups is 1. The lowest BCUT2D eigenvalue weighted by Gasteiger charge is -2.06. The first-order valence-electron chi connectivity index (χ1n) is 9.24. The number of nitrogens with one attached hydrogen (secondary N) is 1. The summed E-state index contributed by atoms with van der Waals surface area (Å²) in [5, 5.41) is 30.1. The van der Waals surface area contributed by atoms with E-state index < -0.39 is 10.8 Å². The third kappa shape index (κ3) is 4.34. The van der Waals surface area contributed by atoms with Gasteiger partial charge in [0.15, 0.2) is 5.69 Å². The van der Waals surface area contributed by atoms with Crippen molar-refractivity contribution in [3.8, 4) is 22.8 Å². The molecule has 3 N–H and O–H groups in total. The van der Waals surface area contributed by atoms with Crippen molar-refractivity contribution in [2.45, 2.75) is 0 Å². The normalized spacial score (nSPS) is 10.9. The van der Waals surface area contributed by atoms with Gasteiger partial charge in [-0.1, -0.05) is 17.3 Å². The van der Waals surface area contributed by atoms with E-state index >= 15 is 0 Å². The van der Waals surface area contributed by atoms with E-state index in [9.17, 15) is 14.9 Å². The van der Waals surface area contributed by atoms with Crippen molar-refractivity contribution in [1.29, 1.82) is 0 Å². The van der Waals surface area contributed by atoms with Crippen molar-refractivity contribution in [3.63, 3.8) is 0 Å². The van der Waals surface area contributed by atoms with E-state index in [1.54, 1.807) is 37.4 Å². The van der Waals surface area contributed by atoms with Crippen LogP contribution >= 0.6 is 0 Å². The number of aromatic nitrogens is 5. The third-order valence-corrected chi connectivity index (χ3v) is 4.41. The van der Waals surface area contributed by atoms with E-state index in [0.29, 0.717) is 11.3 Å². The largest absolute Gasteiger partial charge is 0.497 e. The second-order valence-corrected chi connectivity index (χ2v) is 6.45. The molecular formula is C19H15N9O5. The van der Waals surface area contributed by atoms with Gasteiger partial charge >= 0.3 is 0 Å². The molecule has 0 unspecified atom stereocenters. The zero-order valence-corrected chi connectivity index (χ0v) is 16.9. The van der Waals surface area contributed by atoms with Gasteiger partial charge in [0.25, 0.3) is 11.6 Å². The molecule has 1 amide bonds. The highest BCUT2D eigenvalue weighted by Gasteiger charge is 2.26. The minimum atomic E-state index is -0.720. The average molecular weight is 449 g/mol. The molecule has 0 aliphatic rings. The fourth-order valence-corrected chi connectivity index (χ4v) is 2.86. The van der Waals surface area contributed by atoms with Gasteiger partial charge in [-0.2, -0.15) is 9.78 Å². The van der Waals surface area contributed by atoms with Crippen LogP contribution in [0.25, 0.3) is 17.1 Å². The molecule has 0 atom stereocenters. The number of carbonyl (C=O) groups excluding carboxylic acids is 1. The van der Waals surface area contributed by atoms with Crippen LogP contribution in [0.4, 0.5) is 11.5 Å². The molecule has 2 heterocycles. The highest BCUT2D eigenvalue weighted by atomic mass is 16.6. The zero-order valence-electron chi connectivity index (χ0n) is 16.9. The number of nitrogens with two attached hydrogens (primary N) is 1. The summed E-state index contributed by atoms with van der Waals surface area (Å²) in [7, 11) is 1.55. The van der Waals surface area contributed by atoms with E-state index in [4.69, 9.17) is 10.5 Å². The first kappa shape index (κ1) is 21.1. The van der Waals surface area contributed by atoms with Crippen LogP contribution in [-0.2, 0) is 0 Å².